The molecule has 0 aliphatic carbocycles. The number of aromatic nitrogens is 1. The average Bonchev–Trinajstić information content (AvgIpc) is 2.98. The maximum absolute atomic E-state index is 11.2. The number of carboxylic acids is 1. The van der Waals surface area contributed by atoms with Crippen LogP contribution >= 0.6 is 11.3 Å². The number of carboxylic acid groups (broad SMARTS) is 1. The lowest BCUT2D eigenvalue weighted by atomic mass is 10.1. The van der Waals surface area contributed by atoms with E-state index < -0.39 is 5.97 Å². The molecule has 0 amide bonds. The molecule has 1 N–H and O–H groups in total. The second-order valence-electron chi connectivity index (χ2n) is 5.43. The highest BCUT2D eigenvalue weighted by Gasteiger charge is 2.18. The van der Waals surface area contributed by atoms with Gasteiger partial charge in [-0.3, -0.25) is 4.79 Å². The molecule has 122 valence electrons. The van der Waals surface area contributed by atoms with E-state index in [-0.39, 0.29) is 6.42 Å². The Morgan fingerprint density at radius 3 is 2.54 bits per heavy atom. The highest BCUT2D eigenvalue weighted by atomic mass is 32.1. The molecule has 1 aromatic heterocycles. The summed E-state index contributed by atoms with van der Waals surface area (Å²) in [5.74, 6) is -0.137. The minimum atomic E-state index is -0.862. The third-order valence-corrected chi connectivity index (χ3v) is 4.76. The van der Waals surface area contributed by atoms with Gasteiger partial charge in [-0.15, -0.1) is 11.3 Å². The summed E-state index contributed by atoms with van der Waals surface area (Å²) in [6.45, 7) is 2.02. The second kappa shape index (κ2) is 6.84. The molecule has 0 atom stereocenters. The number of carbonyl (C=O) groups is 1. The number of rotatable bonds is 5. The fourth-order valence-corrected chi connectivity index (χ4v) is 3.59. The van der Waals surface area contributed by atoms with Crippen LogP contribution in [0, 0.1) is 6.92 Å². The van der Waals surface area contributed by atoms with Crippen molar-refractivity contribution in [3.05, 3.63) is 59.0 Å². The van der Waals surface area contributed by atoms with Crippen LogP contribution in [0.25, 0.3) is 21.8 Å². The van der Waals surface area contributed by atoms with E-state index in [4.69, 9.17) is 9.72 Å². The molecule has 1 heterocycles. The van der Waals surface area contributed by atoms with Crippen LogP contribution in [0.5, 0.6) is 5.75 Å². The normalized spacial score (nSPS) is 10.6. The van der Waals surface area contributed by atoms with Crippen molar-refractivity contribution in [2.45, 2.75) is 13.3 Å². The lowest BCUT2D eigenvalue weighted by molar-refractivity contribution is -0.136. The van der Waals surface area contributed by atoms with Crippen LogP contribution in [0.2, 0.25) is 0 Å². The molecule has 5 heteroatoms. The van der Waals surface area contributed by atoms with Gasteiger partial charge in [-0.1, -0.05) is 42.0 Å². The molecule has 0 aliphatic rings. The van der Waals surface area contributed by atoms with Gasteiger partial charge in [0, 0.05) is 10.4 Å². The minimum absolute atomic E-state index is 0.0456. The SMILES string of the molecule is COc1ccccc1-c1nc(-c2ccc(C)cc2)c(CC(=O)O)s1. The lowest BCUT2D eigenvalue weighted by Gasteiger charge is -2.04. The van der Waals surface area contributed by atoms with Gasteiger partial charge in [0.15, 0.2) is 0 Å². The van der Waals surface area contributed by atoms with Gasteiger partial charge in [-0.2, -0.15) is 0 Å². The Balaban J connectivity index is 2.12. The molecule has 4 nitrogen and oxygen atoms in total. The Labute approximate surface area is 144 Å². The Hall–Kier alpha value is -2.66. The molecule has 24 heavy (non-hydrogen) atoms. The number of aliphatic carboxylic acids is 1. The number of nitrogens with zero attached hydrogens (tertiary/aromatic N) is 1. The topological polar surface area (TPSA) is 59.4 Å². The molecule has 0 bridgehead atoms. The van der Waals surface area contributed by atoms with E-state index in [9.17, 15) is 9.90 Å². The largest absolute Gasteiger partial charge is 0.496 e. The van der Waals surface area contributed by atoms with Gasteiger partial charge in [0.05, 0.1) is 24.8 Å². The summed E-state index contributed by atoms with van der Waals surface area (Å²) in [5.41, 5.74) is 3.67. The summed E-state index contributed by atoms with van der Waals surface area (Å²) < 4.78 is 5.40. The van der Waals surface area contributed by atoms with Crippen molar-refractivity contribution >= 4 is 17.3 Å². The Kier molecular flexibility index (Phi) is 4.62. The molecule has 0 spiro atoms. The van der Waals surface area contributed by atoms with E-state index in [1.165, 1.54) is 11.3 Å². The van der Waals surface area contributed by atoms with Crippen molar-refractivity contribution in [2.24, 2.45) is 0 Å². The van der Waals surface area contributed by atoms with Gasteiger partial charge in [0.1, 0.15) is 10.8 Å². The predicted octanol–water partition coefficient (Wildman–Crippen LogP) is 4.42. The molecule has 0 saturated carbocycles. The van der Waals surface area contributed by atoms with Crippen molar-refractivity contribution < 1.29 is 14.6 Å². The van der Waals surface area contributed by atoms with Crippen LogP contribution < -0.4 is 4.74 Å². The molecule has 0 saturated heterocycles. The van der Waals surface area contributed by atoms with Crippen molar-refractivity contribution in [1.82, 2.24) is 4.98 Å². The number of hydrogen-bond acceptors (Lipinski definition) is 4. The van der Waals surface area contributed by atoms with E-state index in [2.05, 4.69) is 0 Å². The second-order valence-corrected chi connectivity index (χ2v) is 6.51. The van der Waals surface area contributed by atoms with Gasteiger partial charge in [-0.25, -0.2) is 4.98 Å². The van der Waals surface area contributed by atoms with E-state index in [1.54, 1.807) is 7.11 Å². The molecular weight excluding hydrogens is 322 g/mol. The van der Waals surface area contributed by atoms with Crippen LogP contribution in [0.1, 0.15) is 10.4 Å². The van der Waals surface area contributed by atoms with E-state index in [1.807, 2.05) is 55.5 Å². The smallest absolute Gasteiger partial charge is 0.308 e. The standard InChI is InChI=1S/C19H17NO3S/c1-12-7-9-13(10-8-12)18-16(11-17(21)22)24-19(20-18)14-5-3-4-6-15(14)23-2/h3-10H,11H2,1-2H3,(H,21,22). The van der Waals surface area contributed by atoms with Crippen LogP contribution in [0.4, 0.5) is 0 Å². The molecular formula is C19H17NO3S. The van der Waals surface area contributed by atoms with Crippen molar-refractivity contribution in [2.75, 3.05) is 7.11 Å². The number of ether oxygens (including phenoxy) is 1. The number of methoxy groups -OCH3 is 1. The molecule has 3 rings (SSSR count). The van der Waals surface area contributed by atoms with Crippen molar-refractivity contribution in [3.63, 3.8) is 0 Å². The van der Waals surface area contributed by atoms with Gasteiger partial charge < -0.3 is 9.84 Å². The van der Waals surface area contributed by atoms with Crippen LogP contribution in [0.15, 0.2) is 48.5 Å². The minimum Gasteiger partial charge on any atom is -0.496 e. The number of hydrogen-bond donors (Lipinski definition) is 1. The zero-order valence-electron chi connectivity index (χ0n) is 13.4. The summed E-state index contributed by atoms with van der Waals surface area (Å²) in [5, 5.41) is 9.98. The van der Waals surface area contributed by atoms with Gasteiger partial charge >= 0.3 is 5.97 Å². The number of para-hydroxylation sites is 1. The third kappa shape index (κ3) is 3.31. The highest BCUT2D eigenvalue weighted by molar-refractivity contribution is 7.15. The maximum atomic E-state index is 11.2. The first-order valence-electron chi connectivity index (χ1n) is 7.50. The van der Waals surface area contributed by atoms with Crippen LogP contribution in [-0.2, 0) is 11.2 Å². The van der Waals surface area contributed by atoms with Crippen molar-refractivity contribution in [3.8, 4) is 27.6 Å². The number of aryl methyl sites for hydroxylation is 1. The zero-order valence-corrected chi connectivity index (χ0v) is 14.3. The Bertz CT molecular complexity index is 869. The van der Waals surface area contributed by atoms with E-state index in [0.717, 1.165) is 38.0 Å². The first-order chi connectivity index (χ1) is 11.6. The first kappa shape index (κ1) is 16.2. The maximum Gasteiger partial charge on any atom is 0.308 e. The summed E-state index contributed by atoms with van der Waals surface area (Å²) in [7, 11) is 1.62. The summed E-state index contributed by atoms with van der Waals surface area (Å²) >= 11 is 1.40. The zero-order chi connectivity index (χ0) is 17.1. The molecule has 3 aromatic rings. The van der Waals surface area contributed by atoms with Gasteiger partial charge in [0.25, 0.3) is 0 Å². The van der Waals surface area contributed by atoms with Gasteiger partial charge in [0.2, 0.25) is 0 Å². The molecule has 0 unspecified atom stereocenters. The monoisotopic (exact) mass is 339 g/mol. The Morgan fingerprint density at radius 2 is 1.88 bits per heavy atom. The molecule has 0 aliphatic heterocycles. The average molecular weight is 339 g/mol. The van der Waals surface area contributed by atoms with Crippen LogP contribution in [0.3, 0.4) is 0 Å². The quantitative estimate of drug-likeness (QED) is 0.747. The molecule has 2 aromatic carbocycles. The Morgan fingerprint density at radius 1 is 1.17 bits per heavy atom. The van der Waals surface area contributed by atoms with Crippen molar-refractivity contribution in [1.29, 1.82) is 0 Å². The molecule has 0 fully saturated rings. The number of thiazole rings is 1. The lowest BCUT2D eigenvalue weighted by Crippen LogP contribution is -1.99. The van der Waals surface area contributed by atoms with Gasteiger partial charge in [-0.05, 0) is 19.1 Å². The van der Waals surface area contributed by atoms with E-state index in [0.29, 0.717) is 0 Å². The summed E-state index contributed by atoms with van der Waals surface area (Å²) in [4.78, 5) is 16.7. The third-order valence-electron chi connectivity index (χ3n) is 3.67. The fraction of sp³-hybridized carbons (Fsp3) is 0.158. The predicted molar refractivity (Wildman–Crippen MR) is 95.6 cm³/mol. The summed E-state index contributed by atoms with van der Waals surface area (Å²) in [6.07, 6.45) is -0.0456. The fourth-order valence-electron chi connectivity index (χ4n) is 2.48. The number of benzene rings is 2. The highest BCUT2D eigenvalue weighted by Crippen LogP contribution is 2.38. The molecule has 0 radical (unpaired) electrons. The van der Waals surface area contributed by atoms with Crippen LogP contribution in [-0.4, -0.2) is 23.2 Å². The first-order valence-corrected chi connectivity index (χ1v) is 8.32. The summed E-state index contributed by atoms with van der Waals surface area (Å²) in [6, 6.07) is 15.6. The van der Waals surface area contributed by atoms with E-state index >= 15 is 0 Å².